The molecule has 0 saturated carbocycles. The Balaban J connectivity index is 3.45. The van der Waals surface area contributed by atoms with Crippen molar-refractivity contribution < 1.29 is 14.4 Å². The molecule has 0 fully saturated rings. The van der Waals surface area contributed by atoms with E-state index in [2.05, 4.69) is 5.32 Å². The van der Waals surface area contributed by atoms with Crippen molar-refractivity contribution in [3.8, 4) is 0 Å². The Labute approximate surface area is 109 Å². The molecule has 0 bridgehead atoms. The molecule has 18 heavy (non-hydrogen) atoms. The molecular weight excluding hydrogens is 232 g/mol. The number of hydrogen-bond acceptors (Lipinski definition) is 3. The van der Waals surface area contributed by atoms with E-state index < -0.39 is 0 Å². The van der Waals surface area contributed by atoms with Crippen LogP contribution in [0.3, 0.4) is 0 Å². The van der Waals surface area contributed by atoms with Gasteiger partial charge in [-0.3, -0.25) is 9.59 Å². The van der Waals surface area contributed by atoms with Crippen LogP contribution in [-0.2, 0) is 14.4 Å². The van der Waals surface area contributed by atoms with Crippen LogP contribution in [-0.4, -0.2) is 43.1 Å². The van der Waals surface area contributed by atoms with E-state index in [0.717, 1.165) is 25.5 Å². The summed E-state index contributed by atoms with van der Waals surface area (Å²) in [4.78, 5) is 34.2. The number of carbonyl (C=O) groups excluding carboxylic acids is 3. The lowest BCUT2D eigenvalue weighted by Crippen LogP contribution is -2.28. The molecule has 0 aliphatic carbocycles. The van der Waals surface area contributed by atoms with Crippen molar-refractivity contribution in [2.45, 2.75) is 45.4 Å². The van der Waals surface area contributed by atoms with Gasteiger partial charge in [0.05, 0.1) is 0 Å². The summed E-state index contributed by atoms with van der Waals surface area (Å²) in [6.45, 7) is 3.24. The van der Waals surface area contributed by atoms with Crippen LogP contribution in [0.25, 0.3) is 0 Å². The monoisotopic (exact) mass is 256 g/mol. The fourth-order valence-corrected chi connectivity index (χ4v) is 1.50. The van der Waals surface area contributed by atoms with E-state index in [4.69, 9.17) is 0 Å². The van der Waals surface area contributed by atoms with Gasteiger partial charge in [0.2, 0.25) is 11.8 Å². The van der Waals surface area contributed by atoms with Gasteiger partial charge in [0.15, 0.2) is 0 Å². The third-order valence-electron chi connectivity index (χ3n) is 2.72. The normalized spacial score (nSPS) is 9.89. The number of nitrogens with zero attached hydrogens (tertiary/aromatic N) is 1. The maximum atomic E-state index is 11.5. The van der Waals surface area contributed by atoms with Crippen LogP contribution < -0.4 is 5.32 Å². The summed E-state index contributed by atoms with van der Waals surface area (Å²) in [5.74, 6) is 0.0949. The SMILES string of the molecule is CCC(=O)NCCCCCN(C)C(=O)CCC=O. The summed E-state index contributed by atoms with van der Waals surface area (Å²) in [6.07, 6.45) is 4.72. The van der Waals surface area contributed by atoms with Crippen molar-refractivity contribution in [1.29, 1.82) is 0 Å². The summed E-state index contributed by atoms with van der Waals surface area (Å²) < 4.78 is 0. The molecule has 0 atom stereocenters. The van der Waals surface area contributed by atoms with Gasteiger partial charge in [-0.25, -0.2) is 0 Å². The molecule has 0 aliphatic heterocycles. The highest BCUT2D eigenvalue weighted by Crippen LogP contribution is 2.00. The number of amides is 2. The minimum Gasteiger partial charge on any atom is -0.356 e. The molecule has 2 amide bonds. The van der Waals surface area contributed by atoms with Crippen LogP contribution in [0.5, 0.6) is 0 Å². The molecule has 0 unspecified atom stereocenters. The summed E-state index contributed by atoms with van der Waals surface area (Å²) >= 11 is 0. The molecule has 0 spiro atoms. The Morgan fingerprint density at radius 3 is 2.56 bits per heavy atom. The Morgan fingerprint density at radius 1 is 1.22 bits per heavy atom. The Hall–Kier alpha value is -1.39. The van der Waals surface area contributed by atoms with E-state index in [0.29, 0.717) is 32.4 Å². The van der Waals surface area contributed by atoms with Crippen LogP contribution >= 0.6 is 0 Å². The highest BCUT2D eigenvalue weighted by atomic mass is 16.2. The minimum atomic E-state index is 0.0152. The van der Waals surface area contributed by atoms with Gasteiger partial charge in [-0.2, -0.15) is 0 Å². The Morgan fingerprint density at radius 2 is 1.94 bits per heavy atom. The fourth-order valence-electron chi connectivity index (χ4n) is 1.50. The maximum absolute atomic E-state index is 11.5. The average Bonchev–Trinajstić information content (AvgIpc) is 2.39. The van der Waals surface area contributed by atoms with Crippen molar-refractivity contribution in [3.05, 3.63) is 0 Å². The van der Waals surface area contributed by atoms with Gasteiger partial charge in [-0.15, -0.1) is 0 Å². The van der Waals surface area contributed by atoms with Gasteiger partial charge < -0.3 is 15.0 Å². The first-order valence-electron chi connectivity index (χ1n) is 6.56. The molecule has 0 aromatic rings. The number of unbranched alkanes of at least 4 members (excludes halogenated alkanes) is 2. The van der Waals surface area contributed by atoms with Crippen molar-refractivity contribution in [2.24, 2.45) is 0 Å². The molecule has 104 valence electrons. The first kappa shape index (κ1) is 16.6. The van der Waals surface area contributed by atoms with Crippen molar-refractivity contribution >= 4 is 18.1 Å². The van der Waals surface area contributed by atoms with Crippen LogP contribution in [0.15, 0.2) is 0 Å². The average molecular weight is 256 g/mol. The standard InChI is InChI=1S/C13H24N2O3/c1-3-12(17)14-9-5-4-6-10-15(2)13(18)8-7-11-16/h11H,3-10H2,1-2H3,(H,14,17). The second kappa shape index (κ2) is 10.7. The first-order chi connectivity index (χ1) is 8.61. The van der Waals surface area contributed by atoms with Crippen molar-refractivity contribution in [1.82, 2.24) is 10.2 Å². The predicted octanol–water partition coefficient (Wildman–Crippen LogP) is 1.12. The zero-order valence-corrected chi connectivity index (χ0v) is 11.4. The summed E-state index contributed by atoms with van der Waals surface area (Å²) in [5.41, 5.74) is 0. The predicted molar refractivity (Wildman–Crippen MR) is 70.1 cm³/mol. The number of hydrogen-bond donors (Lipinski definition) is 1. The van der Waals surface area contributed by atoms with Crippen LogP contribution in [0.2, 0.25) is 0 Å². The molecule has 0 rings (SSSR count). The van der Waals surface area contributed by atoms with Crippen LogP contribution in [0.4, 0.5) is 0 Å². The van der Waals surface area contributed by atoms with E-state index in [1.54, 1.807) is 11.9 Å². The quantitative estimate of drug-likeness (QED) is 0.470. The second-order valence-corrected chi connectivity index (χ2v) is 4.28. The zero-order valence-electron chi connectivity index (χ0n) is 11.4. The summed E-state index contributed by atoms with van der Waals surface area (Å²) in [7, 11) is 1.76. The highest BCUT2D eigenvalue weighted by molar-refractivity contribution is 5.78. The molecular formula is C13H24N2O3. The van der Waals surface area contributed by atoms with E-state index in [9.17, 15) is 14.4 Å². The molecule has 5 heteroatoms. The summed E-state index contributed by atoms with van der Waals surface area (Å²) in [5, 5.41) is 2.81. The maximum Gasteiger partial charge on any atom is 0.222 e. The Bertz CT molecular complexity index is 267. The van der Waals surface area contributed by atoms with Gasteiger partial charge in [-0.05, 0) is 19.3 Å². The number of aldehydes is 1. The first-order valence-corrected chi connectivity index (χ1v) is 6.56. The number of nitrogens with one attached hydrogen (secondary N) is 1. The highest BCUT2D eigenvalue weighted by Gasteiger charge is 2.07. The second-order valence-electron chi connectivity index (χ2n) is 4.28. The molecule has 1 N–H and O–H groups in total. The number of carbonyl (C=O) groups is 3. The zero-order chi connectivity index (χ0) is 13.8. The Kier molecular flexibility index (Phi) is 9.91. The molecule has 0 aromatic carbocycles. The van der Waals surface area contributed by atoms with E-state index in [1.807, 2.05) is 6.92 Å². The van der Waals surface area contributed by atoms with Gasteiger partial charge in [0.25, 0.3) is 0 Å². The van der Waals surface area contributed by atoms with Crippen molar-refractivity contribution in [3.63, 3.8) is 0 Å². The van der Waals surface area contributed by atoms with Gasteiger partial charge in [0.1, 0.15) is 6.29 Å². The fraction of sp³-hybridized carbons (Fsp3) is 0.769. The third kappa shape index (κ3) is 8.73. The lowest BCUT2D eigenvalue weighted by molar-refractivity contribution is -0.130. The molecule has 0 aliphatic rings. The molecule has 0 radical (unpaired) electrons. The molecule has 0 aromatic heterocycles. The van der Waals surface area contributed by atoms with Crippen LogP contribution in [0, 0.1) is 0 Å². The topological polar surface area (TPSA) is 66.5 Å². The van der Waals surface area contributed by atoms with Gasteiger partial charge in [-0.1, -0.05) is 6.92 Å². The van der Waals surface area contributed by atoms with E-state index >= 15 is 0 Å². The molecule has 5 nitrogen and oxygen atoms in total. The van der Waals surface area contributed by atoms with Gasteiger partial charge in [0, 0.05) is 39.4 Å². The molecule has 0 heterocycles. The lowest BCUT2D eigenvalue weighted by atomic mass is 10.2. The third-order valence-corrected chi connectivity index (χ3v) is 2.72. The van der Waals surface area contributed by atoms with Crippen LogP contribution in [0.1, 0.15) is 45.4 Å². The number of rotatable bonds is 10. The smallest absolute Gasteiger partial charge is 0.222 e. The van der Waals surface area contributed by atoms with Crippen molar-refractivity contribution in [2.75, 3.05) is 20.1 Å². The van der Waals surface area contributed by atoms with E-state index in [1.165, 1.54) is 0 Å². The summed E-state index contributed by atoms with van der Waals surface area (Å²) in [6, 6.07) is 0. The molecule has 0 saturated heterocycles. The largest absolute Gasteiger partial charge is 0.356 e. The lowest BCUT2D eigenvalue weighted by Gasteiger charge is -2.16. The minimum absolute atomic E-state index is 0.0152. The van der Waals surface area contributed by atoms with E-state index in [-0.39, 0.29) is 11.8 Å². The van der Waals surface area contributed by atoms with Gasteiger partial charge >= 0.3 is 0 Å².